The van der Waals surface area contributed by atoms with E-state index in [-0.39, 0.29) is 23.6 Å². The highest BCUT2D eigenvalue weighted by molar-refractivity contribution is 7.79. The lowest BCUT2D eigenvalue weighted by molar-refractivity contribution is -0.124. The van der Waals surface area contributed by atoms with Crippen LogP contribution in [0.1, 0.15) is 39.0 Å². The van der Waals surface area contributed by atoms with Crippen molar-refractivity contribution >= 4 is 17.0 Å². The average molecular weight is 233 g/mol. The van der Waals surface area contributed by atoms with Gasteiger partial charge in [-0.05, 0) is 12.8 Å². The average Bonchev–Trinajstić information content (AvgIpc) is 2.18. The third-order valence-electron chi connectivity index (χ3n) is 2.79. The highest BCUT2D eigenvalue weighted by Crippen LogP contribution is 2.17. The summed E-state index contributed by atoms with van der Waals surface area (Å²) in [4.78, 5) is 11.6. The minimum absolute atomic E-state index is 0.0263. The molecule has 4 nitrogen and oxygen atoms in total. The molecule has 1 saturated carbocycles. The van der Waals surface area contributed by atoms with Crippen LogP contribution < -0.4 is 5.32 Å². The number of amides is 1. The third-order valence-corrected chi connectivity index (χ3v) is 3.58. The van der Waals surface area contributed by atoms with Gasteiger partial charge in [0.25, 0.3) is 0 Å². The van der Waals surface area contributed by atoms with Gasteiger partial charge in [-0.2, -0.15) is 0 Å². The summed E-state index contributed by atoms with van der Waals surface area (Å²) in [6.07, 6.45) is 5.68. The summed E-state index contributed by atoms with van der Waals surface area (Å²) in [5.74, 6) is -0.444. The van der Waals surface area contributed by atoms with Gasteiger partial charge in [-0.3, -0.25) is 4.79 Å². The van der Waals surface area contributed by atoms with E-state index in [2.05, 4.69) is 5.32 Å². The number of hydrogen-bond acceptors (Lipinski definition) is 2. The Bertz CT molecular complexity index is 239. The molecule has 15 heavy (non-hydrogen) atoms. The number of carbonyl (C=O) groups excluding carboxylic acids is 1. The fourth-order valence-electron chi connectivity index (χ4n) is 1.88. The van der Waals surface area contributed by atoms with Crippen LogP contribution in [0.2, 0.25) is 0 Å². The lowest BCUT2D eigenvalue weighted by atomic mass is 9.95. The topological polar surface area (TPSA) is 66.4 Å². The van der Waals surface area contributed by atoms with Gasteiger partial charge in [0.05, 0.1) is 5.75 Å². The molecule has 2 atom stereocenters. The Morgan fingerprint density at radius 2 is 2.07 bits per heavy atom. The molecule has 0 aromatic carbocycles. The SMILES string of the molecule is C[C@@H](CS(=O)O)C(=O)NC1CCCCC1. The van der Waals surface area contributed by atoms with Gasteiger partial charge < -0.3 is 9.87 Å². The van der Waals surface area contributed by atoms with Crippen molar-refractivity contribution in [2.75, 3.05) is 5.75 Å². The molecule has 88 valence electrons. The van der Waals surface area contributed by atoms with Crippen LogP contribution in [0.3, 0.4) is 0 Å². The van der Waals surface area contributed by atoms with E-state index < -0.39 is 11.1 Å². The minimum Gasteiger partial charge on any atom is -0.353 e. The number of hydrogen-bond donors (Lipinski definition) is 2. The first-order valence-corrected chi connectivity index (χ1v) is 6.75. The second kappa shape index (κ2) is 6.23. The van der Waals surface area contributed by atoms with Crippen molar-refractivity contribution < 1.29 is 13.6 Å². The third kappa shape index (κ3) is 4.75. The normalized spacial score (nSPS) is 22.0. The maximum absolute atomic E-state index is 11.6. The minimum atomic E-state index is -1.88. The van der Waals surface area contributed by atoms with Crippen molar-refractivity contribution in [3.8, 4) is 0 Å². The van der Waals surface area contributed by atoms with Crippen LogP contribution in [-0.2, 0) is 15.9 Å². The molecule has 1 amide bonds. The second-order valence-electron chi connectivity index (χ2n) is 4.23. The zero-order valence-electron chi connectivity index (χ0n) is 9.07. The van der Waals surface area contributed by atoms with Crippen molar-refractivity contribution in [2.24, 2.45) is 5.92 Å². The fraction of sp³-hybridized carbons (Fsp3) is 0.900. The molecule has 1 rings (SSSR count). The zero-order valence-corrected chi connectivity index (χ0v) is 9.89. The Kier molecular flexibility index (Phi) is 5.25. The molecule has 5 heteroatoms. The molecule has 0 heterocycles. The molecule has 0 aromatic heterocycles. The number of nitrogens with one attached hydrogen (secondary N) is 1. The highest BCUT2D eigenvalue weighted by Gasteiger charge is 2.20. The van der Waals surface area contributed by atoms with Crippen LogP contribution in [0.5, 0.6) is 0 Å². The lowest BCUT2D eigenvalue weighted by Gasteiger charge is -2.24. The molecule has 2 N–H and O–H groups in total. The summed E-state index contributed by atoms with van der Waals surface area (Å²) in [6.45, 7) is 1.69. The monoisotopic (exact) mass is 233 g/mol. The van der Waals surface area contributed by atoms with Crippen molar-refractivity contribution in [3.63, 3.8) is 0 Å². The molecular formula is C10H19NO3S. The Hall–Kier alpha value is -0.420. The Morgan fingerprint density at radius 3 is 2.60 bits per heavy atom. The van der Waals surface area contributed by atoms with E-state index in [1.807, 2.05) is 0 Å². The molecule has 1 unspecified atom stereocenters. The van der Waals surface area contributed by atoms with Crippen LogP contribution in [0.15, 0.2) is 0 Å². The van der Waals surface area contributed by atoms with Crippen LogP contribution in [0.25, 0.3) is 0 Å². The maximum Gasteiger partial charge on any atom is 0.224 e. The molecule has 0 aliphatic heterocycles. The molecule has 1 fully saturated rings. The van der Waals surface area contributed by atoms with Gasteiger partial charge >= 0.3 is 0 Å². The fourth-order valence-corrected chi connectivity index (χ4v) is 2.46. The first-order valence-electron chi connectivity index (χ1n) is 5.47. The summed E-state index contributed by atoms with van der Waals surface area (Å²) in [5, 5.41) is 2.94. The van der Waals surface area contributed by atoms with Gasteiger partial charge in [0.1, 0.15) is 0 Å². The summed E-state index contributed by atoms with van der Waals surface area (Å²) in [7, 11) is 0. The van der Waals surface area contributed by atoms with Crippen molar-refractivity contribution in [1.82, 2.24) is 5.32 Å². The van der Waals surface area contributed by atoms with Gasteiger partial charge in [0.2, 0.25) is 5.91 Å². The molecule has 0 spiro atoms. The Labute approximate surface area is 93.1 Å². The molecular weight excluding hydrogens is 214 g/mol. The molecule has 0 bridgehead atoms. The van der Waals surface area contributed by atoms with E-state index >= 15 is 0 Å². The highest BCUT2D eigenvalue weighted by atomic mass is 32.2. The predicted molar refractivity (Wildman–Crippen MR) is 59.8 cm³/mol. The molecule has 1 aliphatic carbocycles. The molecule has 0 radical (unpaired) electrons. The van der Waals surface area contributed by atoms with Crippen LogP contribution in [0, 0.1) is 5.92 Å². The number of carbonyl (C=O) groups is 1. The van der Waals surface area contributed by atoms with E-state index in [1.165, 1.54) is 19.3 Å². The lowest BCUT2D eigenvalue weighted by Crippen LogP contribution is -2.40. The summed E-state index contributed by atoms with van der Waals surface area (Å²) in [5.41, 5.74) is 0. The van der Waals surface area contributed by atoms with E-state index in [0.717, 1.165) is 12.8 Å². The quantitative estimate of drug-likeness (QED) is 0.719. The molecule has 1 aliphatic rings. The van der Waals surface area contributed by atoms with Gasteiger partial charge in [-0.25, -0.2) is 4.21 Å². The van der Waals surface area contributed by atoms with Gasteiger partial charge in [-0.15, -0.1) is 0 Å². The summed E-state index contributed by atoms with van der Waals surface area (Å²) >= 11 is -1.88. The summed E-state index contributed by atoms with van der Waals surface area (Å²) in [6, 6.07) is 0.279. The standard InChI is InChI=1S/C10H19NO3S/c1-8(7-15(13)14)10(12)11-9-5-3-2-4-6-9/h8-9H,2-7H2,1H3,(H,11,12)(H,13,14)/t8-/m0/s1. The van der Waals surface area contributed by atoms with E-state index in [0.29, 0.717) is 0 Å². The van der Waals surface area contributed by atoms with Crippen LogP contribution in [-0.4, -0.2) is 26.5 Å². The van der Waals surface area contributed by atoms with Crippen LogP contribution in [0.4, 0.5) is 0 Å². The first-order chi connectivity index (χ1) is 7.09. The Balaban J connectivity index is 2.30. The van der Waals surface area contributed by atoms with Crippen LogP contribution >= 0.6 is 0 Å². The largest absolute Gasteiger partial charge is 0.353 e. The van der Waals surface area contributed by atoms with E-state index in [9.17, 15) is 9.00 Å². The van der Waals surface area contributed by atoms with Crippen molar-refractivity contribution in [3.05, 3.63) is 0 Å². The van der Waals surface area contributed by atoms with E-state index in [1.54, 1.807) is 6.92 Å². The number of rotatable bonds is 4. The molecule has 0 aromatic rings. The Morgan fingerprint density at radius 1 is 1.47 bits per heavy atom. The summed E-state index contributed by atoms with van der Waals surface area (Å²) < 4.78 is 19.2. The molecule has 0 saturated heterocycles. The second-order valence-corrected chi connectivity index (χ2v) is 5.21. The predicted octanol–water partition coefficient (Wildman–Crippen LogP) is 1.29. The first kappa shape index (κ1) is 12.6. The van der Waals surface area contributed by atoms with Crippen molar-refractivity contribution in [1.29, 1.82) is 0 Å². The zero-order chi connectivity index (χ0) is 11.3. The van der Waals surface area contributed by atoms with Gasteiger partial charge in [0, 0.05) is 12.0 Å². The smallest absolute Gasteiger partial charge is 0.224 e. The van der Waals surface area contributed by atoms with Crippen molar-refractivity contribution in [2.45, 2.75) is 45.1 Å². The van der Waals surface area contributed by atoms with E-state index in [4.69, 9.17) is 4.55 Å². The van der Waals surface area contributed by atoms with Gasteiger partial charge in [-0.1, -0.05) is 26.2 Å². The van der Waals surface area contributed by atoms with Gasteiger partial charge in [0.15, 0.2) is 11.1 Å². The maximum atomic E-state index is 11.6.